The average Bonchev–Trinajstić information content (AvgIpc) is 2.75. The van der Waals surface area contributed by atoms with E-state index in [1.807, 2.05) is 0 Å². The predicted octanol–water partition coefficient (Wildman–Crippen LogP) is 2.94. The first kappa shape index (κ1) is 12.6. The summed E-state index contributed by atoms with van der Waals surface area (Å²) in [5.41, 5.74) is 2.74. The van der Waals surface area contributed by atoms with E-state index in [-0.39, 0.29) is 0 Å². The molecular formula is C15H21BrN2. The van der Waals surface area contributed by atoms with Gasteiger partial charge < -0.3 is 5.32 Å². The van der Waals surface area contributed by atoms with Crippen LogP contribution in [-0.2, 0) is 6.54 Å². The van der Waals surface area contributed by atoms with Gasteiger partial charge in [-0.15, -0.1) is 0 Å². The van der Waals surface area contributed by atoms with E-state index in [0.717, 1.165) is 18.5 Å². The smallest absolute Gasteiger partial charge is 0.0245 e. The van der Waals surface area contributed by atoms with Gasteiger partial charge in [-0.25, -0.2) is 0 Å². The summed E-state index contributed by atoms with van der Waals surface area (Å²) < 4.78 is 1.25. The summed E-state index contributed by atoms with van der Waals surface area (Å²) >= 11 is 3.69. The number of halogens is 1. The minimum absolute atomic E-state index is 0.739. The summed E-state index contributed by atoms with van der Waals surface area (Å²) in [5.74, 6) is 0.878. The van der Waals surface area contributed by atoms with Crippen molar-refractivity contribution in [1.82, 2.24) is 10.2 Å². The molecule has 0 amide bonds. The van der Waals surface area contributed by atoms with E-state index in [1.54, 1.807) is 0 Å². The van der Waals surface area contributed by atoms with Crippen molar-refractivity contribution in [3.05, 3.63) is 33.8 Å². The number of nitrogens with one attached hydrogen (secondary N) is 1. The third-order valence-corrected chi connectivity index (χ3v) is 5.02. The number of hydrogen-bond acceptors (Lipinski definition) is 2. The Kier molecular flexibility index (Phi) is 3.73. The second kappa shape index (κ2) is 5.32. The van der Waals surface area contributed by atoms with Crippen LogP contribution in [0.25, 0.3) is 0 Å². The van der Waals surface area contributed by atoms with Gasteiger partial charge in [-0.1, -0.05) is 28.1 Å². The van der Waals surface area contributed by atoms with Crippen molar-refractivity contribution < 1.29 is 0 Å². The molecule has 0 bridgehead atoms. The van der Waals surface area contributed by atoms with E-state index >= 15 is 0 Å². The van der Waals surface area contributed by atoms with Crippen molar-refractivity contribution in [2.24, 2.45) is 5.92 Å². The molecule has 2 saturated heterocycles. The lowest BCUT2D eigenvalue weighted by molar-refractivity contribution is 0.312. The average molecular weight is 309 g/mol. The minimum Gasteiger partial charge on any atom is -0.312 e. The van der Waals surface area contributed by atoms with Gasteiger partial charge in [0.05, 0.1) is 0 Å². The Hall–Kier alpha value is -0.380. The highest BCUT2D eigenvalue weighted by atomic mass is 79.9. The maximum Gasteiger partial charge on any atom is 0.0245 e. The molecule has 3 heteroatoms. The molecule has 18 heavy (non-hydrogen) atoms. The normalized spacial score (nSPS) is 28.3. The van der Waals surface area contributed by atoms with Crippen molar-refractivity contribution in [3.63, 3.8) is 0 Å². The van der Waals surface area contributed by atoms with Crippen LogP contribution in [0.2, 0.25) is 0 Å². The summed E-state index contributed by atoms with van der Waals surface area (Å²) in [6, 6.07) is 7.43. The maximum atomic E-state index is 3.69. The van der Waals surface area contributed by atoms with Crippen molar-refractivity contribution in [2.45, 2.75) is 32.4 Å². The number of rotatable bonds is 2. The molecular weight excluding hydrogens is 288 g/mol. The molecule has 1 aromatic rings. The Labute approximate surface area is 118 Å². The summed E-state index contributed by atoms with van der Waals surface area (Å²) in [6.45, 7) is 6.91. The van der Waals surface area contributed by atoms with Gasteiger partial charge in [-0.3, -0.25) is 4.90 Å². The number of nitrogens with zero attached hydrogens (tertiary/aromatic N) is 1. The van der Waals surface area contributed by atoms with Gasteiger partial charge in [-0.2, -0.15) is 0 Å². The molecule has 1 aromatic carbocycles. The zero-order valence-electron chi connectivity index (χ0n) is 11.0. The Morgan fingerprint density at radius 2 is 2.28 bits per heavy atom. The zero-order valence-corrected chi connectivity index (χ0v) is 12.5. The van der Waals surface area contributed by atoms with Crippen molar-refractivity contribution in [3.8, 4) is 0 Å². The fourth-order valence-electron chi connectivity index (χ4n) is 3.29. The van der Waals surface area contributed by atoms with Gasteiger partial charge in [0.25, 0.3) is 0 Å². The predicted molar refractivity (Wildman–Crippen MR) is 78.7 cm³/mol. The zero-order chi connectivity index (χ0) is 12.5. The molecule has 3 rings (SSSR count). The molecule has 2 fully saturated rings. The molecule has 98 valence electrons. The summed E-state index contributed by atoms with van der Waals surface area (Å²) in [4.78, 5) is 2.60. The number of aryl methyl sites for hydroxylation is 1. The van der Waals surface area contributed by atoms with Crippen molar-refractivity contribution in [2.75, 3.05) is 19.6 Å². The van der Waals surface area contributed by atoms with Gasteiger partial charge in [-0.05, 0) is 49.4 Å². The lowest BCUT2D eigenvalue weighted by Crippen LogP contribution is -2.40. The molecule has 0 aromatic heterocycles. The van der Waals surface area contributed by atoms with Crippen molar-refractivity contribution >= 4 is 15.9 Å². The van der Waals surface area contributed by atoms with Gasteiger partial charge in [0.2, 0.25) is 0 Å². The monoisotopic (exact) mass is 308 g/mol. The molecule has 0 aliphatic carbocycles. The lowest BCUT2D eigenvalue weighted by atomic mass is 9.94. The molecule has 0 radical (unpaired) electrons. The van der Waals surface area contributed by atoms with Crippen LogP contribution < -0.4 is 5.32 Å². The van der Waals surface area contributed by atoms with E-state index in [4.69, 9.17) is 0 Å². The Balaban J connectivity index is 1.66. The van der Waals surface area contributed by atoms with Crippen LogP contribution in [0.3, 0.4) is 0 Å². The highest BCUT2D eigenvalue weighted by molar-refractivity contribution is 9.10. The van der Waals surface area contributed by atoms with Crippen molar-refractivity contribution in [1.29, 1.82) is 0 Å². The summed E-state index contributed by atoms with van der Waals surface area (Å²) in [6.07, 6.45) is 2.76. The molecule has 0 spiro atoms. The van der Waals surface area contributed by atoms with Crippen LogP contribution in [0.4, 0.5) is 0 Å². The third kappa shape index (κ3) is 2.63. The van der Waals surface area contributed by atoms with Gasteiger partial charge in [0.15, 0.2) is 0 Å². The standard InChI is InChI=1S/C15H21BrN2/c1-11-4-5-12(14(16)7-11)8-18-9-13-3-2-6-17-15(13)10-18/h4-5,7,13,15,17H,2-3,6,8-10H2,1H3/t13-,15+/m0/s1. The fraction of sp³-hybridized carbons (Fsp3) is 0.600. The lowest BCUT2D eigenvalue weighted by Gasteiger charge is -2.24. The number of likely N-dealkylation sites (tertiary alicyclic amines) is 1. The van der Waals surface area contributed by atoms with Gasteiger partial charge in [0.1, 0.15) is 0 Å². The first-order chi connectivity index (χ1) is 8.72. The van der Waals surface area contributed by atoms with E-state index in [9.17, 15) is 0 Å². The van der Waals surface area contributed by atoms with Gasteiger partial charge >= 0.3 is 0 Å². The van der Waals surface area contributed by atoms with E-state index in [1.165, 1.54) is 48.1 Å². The number of piperidine rings is 1. The van der Waals surface area contributed by atoms with E-state index in [0.29, 0.717) is 0 Å². The van der Waals surface area contributed by atoms with Gasteiger partial charge in [0, 0.05) is 30.1 Å². The largest absolute Gasteiger partial charge is 0.312 e. The third-order valence-electron chi connectivity index (χ3n) is 4.28. The summed E-state index contributed by atoms with van der Waals surface area (Å²) in [7, 11) is 0. The van der Waals surface area contributed by atoms with Crippen LogP contribution in [0.1, 0.15) is 24.0 Å². The van der Waals surface area contributed by atoms with Crippen LogP contribution >= 0.6 is 15.9 Å². The second-order valence-corrected chi connectivity index (χ2v) is 6.61. The van der Waals surface area contributed by atoms with Crippen LogP contribution in [0.5, 0.6) is 0 Å². The topological polar surface area (TPSA) is 15.3 Å². The quantitative estimate of drug-likeness (QED) is 0.903. The van der Waals surface area contributed by atoms with Crippen LogP contribution in [0.15, 0.2) is 22.7 Å². The minimum atomic E-state index is 0.739. The summed E-state index contributed by atoms with van der Waals surface area (Å²) in [5, 5.41) is 3.67. The molecule has 2 nitrogen and oxygen atoms in total. The first-order valence-corrected chi connectivity index (χ1v) is 7.72. The fourth-order valence-corrected chi connectivity index (χ4v) is 3.91. The first-order valence-electron chi connectivity index (χ1n) is 6.93. The molecule has 2 atom stereocenters. The molecule has 2 aliphatic heterocycles. The highest BCUT2D eigenvalue weighted by Crippen LogP contribution is 2.27. The van der Waals surface area contributed by atoms with E-state index < -0.39 is 0 Å². The second-order valence-electron chi connectivity index (χ2n) is 5.75. The van der Waals surface area contributed by atoms with Crippen LogP contribution in [-0.4, -0.2) is 30.6 Å². The molecule has 2 heterocycles. The molecule has 0 saturated carbocycles. The highest BCUT2D eigenvalue weighted by Gasteiger charge is 2.33. The van der Waals surface area contributed by atoms with E-state index in [2.05, 4.69) is 51.3 Å². The number of hydrogen-bond donors (Lipinski definition) is 1. The molecule has 0 unspecified atom stereocenters. The number of benzene rings is 1. The number of fused-ring (bicyclic) bond motifs is 1. The maximum absolute atomic E-state index is 3.69. The molecule has 1 N–H and O–H groups in total. The SMILES string of the molecule is Cc1ccc(CN2C[C@@H]3CCCN[C@@H]3C2)c(Br)c1. The Morgan fingerprint density at radius 3 is 3.06 bits per heavy atom. The molecule has 2 aliphatic rings. The van der Waals surface area contributed by atoms with Crippen LogP contribution in [0, 0.1) is 12.8 Å². The Morgan fingerprint density at radius 1 is 1.39 bits per heavy atom. The Bertz CT molecular complexity index is 419.